The van der Waals surface area contributed by atoms with Gasteiger partial charge in [-0.2, -0.15) is 0 Å². The number of fused-ring (bicyclic) bond motifs is 5. The van der Waals surface area contributed by atoms with Crippen molar-refractivity contribution in [1.82, 2.24) is 0 Å². The molecule has 34 heavy (non-hydrogen) atoms. The zero-order valence-electron chi connectivity index (χ0n) is 18.9. The molecule has 0 aliphatic heterocycles. The van der Waals surface area contributed by atoms with Crippen molar-refractivity contribution in [1.29, 1.82) is 0 Å². The number of hydrogen-bond donors (Lipinski definition) is 1. The van der Waals surface area contributed by atoms with E-state index in [9.17, 15) is 19.5 Å². The second-order valence-corrected chi connectivity index (χ2v) is 8.81. The number of ketones is 2. The molecule has 7 heteroatoms. The van der Waals surface area contributed by atoms with Gasteiger partial charge in [-0.05, 0) is 48.4 Å². The van der Waals surface area contributed by atoms with Crippen molar-refractivity contribution >= 4 is 17.5 Å². The Morgan fingerprint density at radius 1 is 1.12 bits per heavy atom. The van der Waals surface area contributed by atoms with Crippen molar-refractivity contribution in [3.63, 3.8) is 0 Å². The summed E-state index contributed by atoms with van der Waals surface area (Å²) in [5, 5.41) is 11.5. The second kappa shape index (κ2) is 8.34. The van der Waals surface area contributed by atoms with E-state index in [2.05, 4.69) is 0 Å². The summed E-state index contributed by atoms with van der Waals surface area (Å²) in [7, 11) is 1.42. The Kier molecular flexibility index (Phi) is 5.46. The Balaban J connectivity index is 1.47. The molecule has 0 saturated heterocycles. The van der Waals surface area contributed by atoms with Gasteiger partial charge in [-0.15, -0.1) is 0 Å². The molecule has 1 N–H and O–H groups in total. The molecule has 1 heterocycles. The first-order valence-corrected chi connectivity index (χ1v) is 11.2. The molecular weight excluding hydrogens is 436 g/mol. The quantitative estimate of drug-likeness (QED) is 0.452. The number of Topliss-reactive ketones (excluding diaryl/α,β-unsaturated/α-hetero) is 2. The fourth-order valence-corrected chi connectivity index (χ4v) is 5.05. The van der Waals surface area contributed by atoms with Crippen LogP contribution in [0.2, 0.25) is 0 Å². The monoisotopic (exact) mass is 460 g/mol. The highest BCUT2D eigenvalue weighted by Crippen LogP contribution is 2.44. The van der Waals surface area contributed by atoms with Crippen LogP contribution in [0, 0.1) is 6.92 Å². The number of benzene rings is 2. The zero-order chi connectivity index (χ0) is 24.0. The predicted molar refractivity (Wildman–Crippen MR) is 122 cm³/mol. The first kappa shape index (κ1) is 22.3. The van der Waals surface area contributed by atoms with Crippen molar-refractivity contribution < 1.29 is 33.4 Å². The van der Waals surface area contributed by atoms with Gasteiger partial charge in [-0.3, -0.25) is 9.59 Å². The average molecular weight is 460 g/mol. The molecule has 0 fully saturated rings. The van der Waals surface area contributed by atoms with Crippen LogP contribution in [0.3, 0.4) is 0 Å². The number of hydrogen-bond acceptors (Lipinski definition) is 7. The third kappa shape index (κ3) is 3.40. The van der Waals surface area contributed by atoms with Crippen LogP contribution in [0.25, 0.3) is 11.3 Å². The van der Waals surface area contributed by atoms with Gasteiger partial charge in [0.25, 0.3) is 0 Å². The fourth-order valence-electron chi connectivity index (χ4n) is 5.05. The molecule has 174 valence electrons. The molecule has 0 amide bonds. The van der Waals surface area contributed by atoms with Crippen molar-refractivity contribution in [2.45, 2.75) is 37.9 Å². The number of ether oxygens (including phenoxy) is 2. The maximum Gasteiger partial charge on any atom is 0.340 e. The van der Waals surface area contributed by atoms with Crippen LogP contribution in [-0.2, 0) is 26.3 Å². The van der Waals surface area contributed by atoms with Gasteiger partial charge in [0.05, 0.1) is 11.8 Å². The van der Waals surface area contributed by atoms with Crippen LogP contribution in [0.5, 0.6) is 0 Å². The number of furan rings is 1. The molecule has 0 bridgehead atoms. The van der Waals surface area contributed by atoms with E-state index < -0.39 is 29.2 Å². The normalized spacial score (nSPS) is 19.7. The van der Waals surface area contributed by atoms with Gasteiger partial charge < -0.3 is 19.0 Å². The minimum Gasteiger partial charge on any atom is -0.463 e. The van der Waals surface area contributed by atoms with Gasteiger partial charge in [-0.25, -0.2) is 4.79 Å². The van der Waals surface area contributed by atoms with Crippen molar-refractivity contribution in [3.8, 4) is 11.3 Å². The third-order valence-electron chi connectivity index (χ3n) is 6.72. The Morgan fingerprint density at radius 2 is 1.85 bits per heavy atom. The van der Waals surface area contributed by atoms with E-state index in [4.69, 9.17) is 13.9 Å². The molecule has 2 atom stereocenters. The van der Waals surface area contributed by atoms with Crippen LogP contribution >= 0.6 is 0 Å². The molecule has 5 rings (SSSR count). The minimum absolute atomic E-state index is 0.271. The predicted octanol–water partition coefficient (Wildman–Crippen LogP) is 4.09. The van der Waals surface area contributed by atoms with E-state index in [0.29, 0.717) is 58.4 Å². The molecular formula is C27H24O7. The smallest absolute Gasteiger partial charge is 0.340 e. The summed E-state index contributed by atoms with van der Waals surface area (Å²) in [6.07, 6.45) is 1.99. The lowest BCUT2D eigenvalue weighted by Gasteiger charge is -2.36. The number of carbonyl (C=O) groups is 3. The van der Waals surface area contributed by atoms with Crippen LogP contribution < -0.4 is 0 Å². The Labute approximate surface area is 196 Å². The number of methoxy groups -OCH3 is 1. The average Bonchev–Trinajstić information content (AvgIpc) is 3.24. The highest BCUT2D eigenvalue weighted by molar-refractivity contribution is 6.53. The molecule has 2 aliphatic rings. The summed E-state index contributed by atoms with van der Waals surface area (Å²) in [4.78, 5) is 38.7. The first-order valence-electron chi connectivity index (χ1n) is 11.2. The number of aryl methyl sites for hydroxylation is 1. The lowest BCUT2D eigenvalue weighted by atomic mass is 9.73. The van der Waals surface area contributed by atoms with Gasteiger partial charge >= 0.3 is 5.97 Å². The van der Waals surface area contributed by atoms with E-state index in [1.807, 2.05) is 6.07 Å². The van der Waals surface area contributed by atoms with Gasteiger partial charge in [0.1, 0.15) is 18.0 Å². The first-order chi connectivity index (χ1) is 16.4. The van der Waals surface area contributed by atoms with E-state index >= 15 is 0 Å². The highest BCUT2D eigenvalue weighted by atomic mass is 16.6. The van der Waals surface area contributed by atoms with E-state index in [-0.39, 0.29) is 12.2 Å². The summed E-state index contributed by atoms with van der Waals surface area (Å²) in [6.45, 7) is 1.43. The number of rotatable bonds is 5. The molecule has 0 spiro atoms. The van der Waals surface area contributed by atoms with E-state index in [1.54, 1.807) is 43.3 Å². The van der Waals surface area contributed by atoms with Crippen LogP contribution in [0.4, 0.5) is 0 Å². The second-order valence-electron chi connectivity index (χ2n) is 8.81. The number of esters is 1. The molecule has 1 aromatic heterocycles. The summed E-state index contributed by atoms with van der Waals surface area (Å²) >= 11 is 0. The van der Waals surface area contributed by atoms with Crippen molar-refractivity contribution in [2.24, 2.45) is 0 Å². The lowest BCUT2D eigenvalue weighted by Crippen LogP contribution is -2.38. The van der Waals surface area contributed by atoms with E-state index in [0.717, 1.165) is 0 Å². The van der Waals surface area contributed by atoms with Crippen molar-refractivity contribution in [3.05, 3.63) is 82.1 Å². The van der Waals surface area contributed by atoms with Gasteiger partial charge in [0, 0.05) is 18.2 Å². The van der Waals surface area contributed by atoms with Crippen LogP contribution in [-0.4, -0.2) is 36.4 Å². The third-order valence-corrected chi connectivity index (χ3v) is 6.72. The zero-order valence-corrected chi connectivity index (χ0v) is 18.9. The summed E-state index contributed by atoms with van der Waals surface area (Å²) in [6, 6.07) is 12.4. The molecule has 2 aromatic carbocycles. The van der Waals surface area contributed by atoms with Crippen LogP contribution in [0.1, 0.15) is 61.9 Å². The molecule has 0 radical (unpaired) electrons. The maximum absolute atomic E-state index is 13.1. The Morgan fingerprint density at radius 3 is 2.59 bits per heavy atom. The van der Waals surface area contributed by atoms with E-state index in [1.165, 1.54) is 13.4 Å². The maximum atomic E-state index is 13.1. The van der Waals surface area contributed by atoms with Gasteiger partial charge in [0.15, 0.2) is 6.10 Å². The van der Waals surface area contributed by atoms with Crippen molar-refractivity contribution in [2.75, 3.05) is 13.7 Å². The number of carbonyl (C=O) groups excluding carboxylic acids is 3. The summed E-state index contributed by atoms with van der Waals surface area (Å²) < 4.78 is 16.5. The van der Waals surface area contributed by atoms with Crippen LogP contribution in [0.15, 0.2) is 53.1 Å². The highest BCUT2D eigenvalue weighted by Gasteiger charge is 2.42. The lowest BCUT2D eigenvalue weighted by molar-refractivity contribution is -0.165. The van der Waals surface area contributed by atoms with Gasteiger partial charge in [0.2, 0.25) is 11.6 Å². The standard InChI is InChI=1S/C27H24O7/c1-15-13-33-25-18-10-11-19-17(21(18)23(29)22(28)20(15)25)9-6-12-27(19,31)14-34-26(30)24(32-2)16-7-4-3-5-8-16/h3-5,7-8,10-11,13,24,31H,6,9,12,14H2,1-2H3/t24-,27+/m1/s1. The topological polar surface area (TPSA) is 103 Å². The largest absolute Gasteiger partial charge is 0.463 e. The molecule has 7 nitrogen and oxygen atoms in total. The fraction of sp³-hybridized carbons (Fsp3) is 0.296. The summed E-state index contributed by atoms with van der Waals surface area (Å²) in [5.74, 6) is -1.44. The molecule has 2 aliphatic carbocycles. The Bertz CT molecular complexity index is 1300. The van der Waals surface area contributed by atoms with Gasteiger partial charge in [-0.1, -0.05) is 42.5 Å². The summed E-state index contributed by atoms with van der Waals surface area (Å²) in [5.41, 5.74) is 1.99. The Hall–Kier alpha value is -3.55. The molecule has 0 saturated carbocycles. The number of aliphatic hydroxyl groups is 1. The molecule has 0 unspecified atom stereocenters. The molecule has 3 aromatic rings. The SMILES string of the molecule is CO[C@@H](C(=O)OC[C@@]1(O)CCCc2c1ccc1c2C(=O)C(=O)c2c(C)coc2-1)c1ccccc1. The minimum atomic E-state index is -1.49.